The van der Waals surface area contributed by atoms with Gasteiger partial charge in [-0.1, -0.05) is 13.8 Å². The number of nitrogens with zero attached hydrogens (tertiary/aromatic N) is 1. The molecule has 0 aliphatic carbocycles. The van der Waals surface area contributed by atoms with Gasteiger partial charge in [0.05, 0.1) is 7.11 Å². The molecule has 1 heterocycles. The molecule has 0 N–H and O–H groups in total. The van der Waals surface area contributed by atoms with E-state index < -0.39 is 0 Å². The lowest BCUT2D eigenvalue weighted by molar-refractivity contribution is -0.279. The Bertz CT molecular complexity index is 198. The van der Waals surface area contributed by atoms with Crippen LogP contribution in [0.3, 0.4) is 0 Å². The van der Waals surface area contributed by atoms with E-state index in [-0.39, 0.29) is 11.1 Å². The van der Waals surface area contributed by atoms with Gasteiger partial charge in [-0.2, -0.15) is 5.06 Å². The molecule has 0 radical (unpaired) electrons. The molecule has 0 amide bonds. The van der Waals surface area contributed by atoms with E-state index in [0.29, 0.717) is 5.41 Å². The molecule has 14 heavy (non-hydrogen) atoms. The molecule has 1 aliphatic heterocycles. The maximum Gasteiger partial charge on any atom is 0.0575 e. The first-order valence-electron chi connectivity index (χ1n) is 5.45. The molecule has 0 spiro atoms. The molecule has 1 saturated heterocycles. The van der Waals surface area contributed by atoms with Crippen LogP contribution < -0.4 is 0 Å². The SMILES string of the molecule is CON1C(C)(C)CC(C)(C)CC1(C)C. The zero-order valence-electron chi connectivity index (χ0n) is 10.8. The van der Waals surface area contributed by atoms with Crippen molar-refractivity contribution in [3.8, 4) is 0 Å². The van der Waals surface area contributed by atoms with E-state index in [9.17, 15) is 0 Å². The van der Waals surface area contributed by atoms with Crippen LogP contribution in [0.25, 0.3) is 0 Å². The van der Waals surface area contributed by atoms with Crippen LogP contribution in [0.4, 0.5) is 0 Å². The molecule has 0 aromatic heterocycles. The summed E-state index contributed by atoms with van der Waals surface area (Å²) in [4.78, 5) is 5.55. The van der Waals surface area contributed by atoms with Crippen LogP contribution in [0.2, 0.25) is 0 Å². The van der Waals surface area contributed by atoms with Crippen LogP contribution in [0.5, 0.6) is 0 Å². The maximum atomic E-state index is 5.55. The molecule has 2 heteroatoms. The molecule has 84 valence electrons. The standard InChI is InChI=1S/C12H25NO/c1-10(2)8-11(3,4)13(14-7)12(5,6)9-10/h8-9H2,1-7H3. The Balaban J connectivity index is 2.99. The molecule has 0 aromatic carbocycles. The second-order valence-corrected chi connectivity index (χ2v) is 6.62. The van der Waals surface area contributed by atoms with Crippen LogP contribution in [0.15, 0.2) is 0 Å². The molecule has 0 bridgehead atoms. The first kappa shape index (κ1) is 12.0. The van der Waals surface area contributed by atoms with Crippen molar-refractivity contribution < 1.29 is 4.84 Å². The molecule has 0 atom stereocenters. The Kier molecular flexibility index (Phi) is 2.75. The van der Waals surface area contributed by atoms with E-state index in [1.54, 1.807) is 7.11 Å². The van der Waals surface area contributed by atoms with E-state index in [0.717, 1.165) is 0 Å². The van der Waals surface area contributed by atoms with E-state index in [2.05, 4.69) is 46.6 Å². The predicted octanol–water partition coefficient (Wildman–Crippen LogP) is 3.23. The van der Waals surface area contributed by atoms with E-state index >= 15 is 0 Å². The molecule has 0 saturated carbocycles. The van der Waals surface area contributed by atoms with E-state index in [1.165, 1.54) is 12.8 Å². The van der Waals surface area contributed by atoms with E-state index in [1.807, 2.05) is 0 Å². The van der Waals surface area contributed by atoms with Crippen molar-refractivity contribution in [1.82, 2.24) is 5.06 Å². The molecule has 1 aliphatic rings. The monoisotopic (exact) mass is 199 g/mol. The van der Waals surface area contributed by atoms with Gasteiger partial charge < -0.3 is 4.84 Å². The Labute approximate surface area is 88.6 Å². The lowest BCUT2D eigenvalue weighted by Gasteiger charge is -2.56. The van der Waals surface area contributed by atoms with Gasteiger partial charge in [0, 0.05) is 11.1 Å². The lowest BCUT2D eigenvalue weighted by atomic mass is 9.67. The highest BCUT2D eigenvalue weighted by molar-refractivity contribution is 4.99. The Morgan fingerprint density at radius 2 is 1.21 bits per heavy atom. The van der Waals surface area contributed by atoms with Crippen molar-refractivity contribution in [2.45, 2.75) is 65.5 Å². The van der Waals surface area contributed by atoms with E-state index in [4.69, 9.17) is 4.84 Å². The summed E-state index contributed by atoms with van der Waals surface area (Å²) in [5.41, 5.74) is 0.655. The highest BCUT2D eigenvalue weighted by atomic mass is 16.7. The number of hydrogen-bond acceptors (Lipinski definition) is 2. The van der Waals surface area contributed by atoms with Gasteiger partial charge in [0.1, 0.15) is 0 Å². The van der Waals surface area contributed by atoms with Gasteiger partial charge in [-0.05, 0) is 46.0 Å². The maximum absolute atomic E-state index is 5.55. The van der Waals surface area contributed by atoms with Crippen molar-refractivity contribution >= 4 is 0 Å². The predicted molar refractivity (Wildman–Crippen MR) is 60.0 cm³/mol. The minimum atomic E-state index is 0.125. The van der Waals surface area contributed by atoms with Crippen LogP contribution in [0, 0.1) is 5.41 Å². The quantitative estimate of drug-likeness (QED) is 0.643. The molecule has 0 unspecified atom stereocenters. The Hall–Kier alpha value is -0.0800. The summed E-state index contributed by atoms with van der Waals surface area (Å²) in [6, 6.07) is 0. The third-order valence-electron chi connectivity index (χ3n) is 3.10. The molecule has 2 nitrogen and oxygen atoms in total. The average Bonchev–Trinajstić information content (AvgIpc) is 1.76. The van der Waals surface area contributed by atoms with Crippen LogP contribution in [-0.2, 0) is 4.84 Å². The summed E-state index contributed by atoms with van der Waals surface area (Å²) >= 11 is 0. The fourth-order valence-electron chi connectivity index (χ4n) is 3.86. The largest absolute Gasteiger partial charge is 0.301 e. The van der Waals surface area contributed by atoms with Gasteiger partial charge in [-0.25, -0.2) is 0 Å². The van der Waals surface area contributed by atoms with Gasteiger partial charge >= 0.3 is 0 Å². The summed E-state index contributed by atoms with van der Waals surface area (Å²) in [5, 5.41) is 2.16. The molecule has 1 fully saturated rings. The smallest absolute Gasteiger partial charge is 0.0575 e. The Morgan fingerprint density at radius 3 is 1.50 bits per heavy atom. The van der Waals surface area contributed by atoms with Crippen molar-refractivity contribution in [2.75, 3.05) is 7.11 Å². The van der Waals surface area contributed by atoms with Crippen molar-refractivity contribution in [3.63, 3.8) is 0 Å². The second-order valence-electron chi connectivity index (χ2n) is 6.62. The minimum absolute atomic E-state index is 0.125. The lowest BCUT2D eigenvalue weighted by Crippen LogP contribution is -2.61. The van der Waals surface area contributed by atoms with Crippen LogP contribution in [-0.4, -0.2) is 23.3 Å². The van der Waals surface area contributed by atoms with Gasteiger partial charge in [0.15, 0.2) is 0 Å². The summed E-state index contributed by atoms with van der Waals surface area (Å²) in [7, 11) is 1.78. The fourth-order valence-corrected chi connectivity index (χ4v) is 3.86. The number of rotatable bonds is 1. The zero-order chi connectivity index (χ0) is 11.2. The highest BCUT2D eigenvalue weighted by Gasteiger charge is 2.48. The fraction of sp³-hybridized carbons (Fsp3) is 1.00. The van der Waals surface area contributed by atoms with Crippen molar-refractivity contribution in [1.29, 1.82) is 0 Å². The van der Waals surface area contributed by atoms with Gasteiger partial charge in [0.2, 0.25) is 0 Å². The summed E-state index contributed by atoms with van der Waals surface area (Å²) in [6.07, 6.45) is 2.36. The van der Waals surface area contributed by atoms with Gasteiger partial charge in [0.25, 0.3) is 0 Å². The zero-order valence-corrected chi connectivity index (χ0v) is 10.8. The Morgan fingerprint density at radius 1 is 0.857 bits per heavy atom. The highest BCUT2D eigenvalue weighted by Crippen LogP contribution is 2.47. The first-order valence-corrected chi connectivity index (χ1v) is 5.45. The van der Waals surface area contributed by atoms with Gasteiger partial charge in [-0.15, -0.1) is 0 Å². The second kappa shape index (κ2) is 3.21. The summed E-state index contributed by atoms with van der Waals surface area (Å²) < 4.78 is 0. The first-order chi connectivity index (χ1) is 6.11. The molecule has 0 aromatic rings. The number of hydroxylamine groups is 2. The number of piperidine rings is 1. The molecular formula is C12H25NO. The molecular weight excluding hydrogens is 174 g/mol. The average molecular weight is 199 g/mol. The van der Waals surface area contributed by atoms with Crippen molar-refractivity contribution in [3.05, 3.63) is 0 Å². The third-order valence-corrected chi connectivity index (χ3v) is 3.10. The van der Waals surface area contributed by atoms with Crippen LogP contribution in [0.1, 0.15) is 54.4 Å². The normalized spacial score (nSPS) is 30.2. The van der Waals surface area contributed by atoms with Crippen molar-refractivity contribution in [2.24, 2.45) is 5.41 Å². The van der Waals surface area contributed by atoms with Crippen LogP contribution >= 0.6 is 0 Å². The summed E-state index contributed by atoms with van der Waals surface area (Å²) in [5.74, 6) is 0. The summed E-state index contributed by atoms with van der Waals surface area (Å²) in [6.45, 7) is 13.8. The topological polar surface area (TPSA) is 12.5 Å². The number of hydrogen-bond donors (Lipinski definition) is 0. The third kappa shape index (κ3) is 2.12. The minimum Gasteiger partial charge on any atom is -0.301 e. The van der Waals surface area contributed by atoms with Gasteiger partial charge in [-0.3, -0.25) is 0 Å². The molecule has 1 rings (SSSR count).